The molecule has 3 nitrogen and oxygen atoms in total. The van der Waals surface area contributed by atoms with Crippen molar-refractivity contribution < 1.29 is 9.90 Å². The number of rotatable bonds is 2. The molecule has 0 fully saturated rings. The molecule has 0 aromatic heterocycles. The summed E-state index contributed by atoms with van der Waals surface area (Å²) in [7, 11) is 0. The highest BCUT2D eigenvalue weighted by Gasteiger charge is 2.08. The molecule has 0 saturated heterocycles. The van der Waals surface area contributed by atoms with Crippen molar-refractivity contribution in [3.63, 3.8) is 0 Å². The van der Waals surface area contributed by atoms with Crippen molar-refractivity contribution in [2.75, 3.05) is 6.54 Å². The van der Waals surface area contributed by atoms with Crippen molar-refractivity contribution in [2.24, 2.45) is 0 Å². The number of phenolic OH excluding ortho intramolecular Hbond substituents is 1. The molecule has 0 aliphatic rings. The molecule has 1 aromatic carbocycles. The van der Waals surface area contributed by atoms with Crippen LogP contribution in [0.3, 0.4) is 0 Å². The lowest BCUT2D eigenvalue weighted by atomic mass is 10.2. The van der Waals surface area contributed by atoms with Crippen LogP contribution in [0.5, 0.6) is 5.75 Å². The summed E-state index contributed by atoms with van der Waals surface area (Å²) in [5, 5.41) is 11.9. The van der Waals surface area contributed by atoms with Gasteiger partial charge < -0.3 is 10.4 Å². The van der Waals surface area contributed by atoms with Gasteiger partial charge in [-0.15, -0.1) is 0 Å². The maximum absolute atomic E-state index is 11.3. The lowest BCUT2D eigenvalue weighted by molar-refractivity contribution is 0.0956. The molecule has 0 atom stereocenters. The standard InChI is InChI=1S/C9H10ClNO2/c1-2-11-9(13)7-4-3-6(12)5-8(7)10/h3-5,12H,2H2,1H3,(H,11,13). The van der Waals surface area contributed by atoms with Crippen LogP contribution in [-0.4, -0.2) is 17.6 Å². The predicted octanol–water partition coefficient (Wildman–Crippen LogP) is 1.80. The van der Waals surface area contributed by atoms with Crippen LogP contribution in [0.25, 0.3) is 0 Å². The summed E-state index contributed by atoms with van der Waals surface area (Å²) in [6.07, 6.45) is 0. The number of benzene rings is 1. The van der Waals surface area contributed by atoms with Crippen molar-refractivity contribution in [1.29, 1.82) is 0 Å². The number of halogens is 1. The molecule has 0 spiro atoms. The number of carbonyl (C=O) groups is 1. The van der Waals surface area contributed by atoms with Gasteiger partial charge in [0.2, 0.25) is 0 Å². The Labute approximate surface area is 81.3 Å². The molecule has 1 amide bonds. The van der Waals surface area contributed by atoms with Crippen LogP contribution in [0.1, 0.15) is 17.3 Å². The van der Waals surface area contributed by atoms with Crippen LogP contribution in [-0.2, 0) is 0 Å². The minimum absolute atomic E-state index is 0.0537. The second-order valence-electron chi connectivity index (χ2n) is 2.52. The van der Waals surface area contributed by atoms with E-state index < -0.39 is 0 Å². The maximum Gasteiger partial charge on any atom is 0.252 e. The van der Waals surface area contributed by atoms with Crippen molar-refractivity contribution in [1.82, 2.24) is 5.32 Å². The summed E-state index contributed by atoms with van der Waals surface area (Å²) in [4.78, 5) is 11.3. The third-order valence-electron chi connectivity index (χ3n) is 1.53. The lowest BCUT2D eigenvalue weighted by Gasteiger charge is -2.04. The van der Waals surface area contributed by atoms with Gasteiger partial charge in [-0.2, -0.15) is 0 Å². The number of amides is 1. The molecule has 0 radical (unpaired) electrons. The normalized spacial score (nSPS) is 9.69. The monoisotopic (exact) mass is 199 g/mol. The van der Waals surface area contributed by atoms with E-state index in [1.54, 1.807) is 0 Å². The van der Waals surface area contributed by atoms with E-state index in [4.69, 9.17) is 16.7 Å². The molecule has 0 bridgehead atoms. The first-order valence-corrected chi connectivity index (χ1v) is 4.29. The Balaban J connectivity index is 2.95. The summed E-state index contributed by atoms with van der Waals surface area (Å²) in [5.74, 6) is -0.175. The molecule has 0 aliphatic carbocycles. The van der Waals surface area contributed by atoms with Gasteiger partial charge in [0.1, 0.15) is 5.75 Å². The Hall–Kier alpha value is -1.22. The minimum Gasteiger partial charge on any atom is -0.508 e. The molecule has 2 N–H and O–H groups in total. The highest BCUT2D eigenvalue weighted by molar-refractivity contribution is 6.34. The van der Waals surface area contributed by atoms with E-state index >= 15 is 0 Å². The van der Waals surface area contributed by atoms with Crippen molar-refractivity contribution in [3.8, 4) is 5.75 Å². The fourth-order valence-corrected chi connectivity index (χ4v) is 1.20. The van der Waals surface area contributed by atoms with Crippen LogP contribution >= 0.6 is 11.6 Å². The van der Waals surface area contributed by atoms with Gasteiger partial charge in [0.05, 0.1) is 10.6 Å². The maximum atomic E-state index is 11.3. The molecule has 4 heteroatoms. The smallest absolute Gasteiger partial charge is 0.252 e. The van der Waals surface area contributed by atoms with Crippen LogP contribution in [0.4, 0.5) is 0 Å². The summed E-state index contributed by atoms with van der Waals surface area (Å²) >= 11 is 5.74. The zero-order valence-electron chi connectivity index (χ0n) is 7.17. The van der Waals surface area contributed by atoms with Gasteiger partial charge in [0, 0.05) is 6.54 Å². The molecule has 13 heavy (non-hydrogen) atoms. The average molecular weight is 200 g/mol. The second-order valence-corrected chi connectivity index (χ2v) is 2.93. The zero-order valence-corrected chi connectivity index (χ0v) is 7.93. The molecule has 0 heterocycles. The van der Waals surface area contributed by atoms with Gasteiger partial charge in [-0.1, -0.05) is 11.6 Å². The Morgan fingerprint density at radius 3 is 2.85 bits per heavy atom. The van der Waals surface area contributed by atoms with E-state index in [0.29, 0.717) is 12.1 Å². The fourth-order valence-electron chi connectivity index (χ4n) is 0.944. The zero-order chi connectivity index (χ0) is 9.84. The molecular weight excluding hydrogens is 190 g/mol. The number of hydrogen-bond donors (Lipinski definition) is 2. The molecule has 70 valence electrons. The van der Waals surface area contributed by atoms with Gasteiger partial charge >= 0.3 is 0 Å². The van der Waals surface area contributed by atoms with Crippen LogP contribution in [0, 0.1) is 0 Å². The van der Waals surface area contributed by atoms with Gasteiger partial charge in [0.15, 0.2) is 0 Å². The Bertz CT molecular complexity index is 325. The quantitative estimate of drug-likeness (QED) is 0.763. The third-order valence-corrected chi connectivity index (χ3v) is 1.85. The van der Waals surface area contributed by atoms with Crippen LogP contribution in [0.15, 0.2) is 18.2 Å². The number of phenols is 1. The summed E-state index contributed by atoms with van der Waals surface area (Å²) in [6.45, 7) is 2.38. The van der Waals surface area contributed by atoms with E-state index in [1.807, 2.05) is 6.92 Å². The Morgan fingerprint density at radius 1 is 1.62 bits per heavy atom. The summed E-state index contributed by atoms with van der Waals surface area (Å²) in [6, 6.07) is 4.26. The molecule has 1 aromatic rings. The molecule has 0 aliphatic heterocycles. The fraction of sp³-hybridized carbons (Fsp3) is 0.222. The highest BCUT2D eigenvalue weighted by atomic mass is 35.5. The number of nitrogens with one attached hydrogen (secondary N) is 1. The highest BCUT2D eigenvalue weighted by Crippen LogP contribution is 2.21. The van der Waals surface area contributed by atoms with Crippen molar-refractivity contribution in [3.05, 3.63) is 28.8 Å². The van der Waals surface area contributed by atoms with E-state index in [1.165, 1.54) is 18.2 Å². The summed E-state index contributed by atoms with van der Waals surface area (Å²) < 4.78 is 0. The first-order chi connectivity index (χ1) is 6.15. The molecule has 1 rings (SSSR count). The third kappa shape index (κ3) is 2.36. The number of carbonyl (C=O) groups excluding carboxylic acids is 1. The number of aromatic hydroxyl groups is 1. The molecule has 0 unspecified atom stereocenters. The van der Waals surface area contributed by atoms with Crippen molar-refractivity contribution in [2.45, 2.75) is 6.92 Å². The lowest BCUT2D eigenvalue weighted by Crippen LogP contribution is -2.22. The van der Waals surface area contributed by atoms with Crippen LogP contribution in [0.2, 0.25) is 5.02 Å². The Kier molecular flexibility index (Phi) is 3.14. The minimum atomic E-state index is -0.229. The van der Waals surface area contributed by atoms with Gasteiger partial charge in [-0.05, 0) is 25.1 Å². The summed E-state index contributed by atoms with van der Waals surface area (Å²) in [5.41, 5.74) is 0.376. The van der Waals surface area contributed by atoms with E-state index in [2.05, 4.69) is 5.32 Å². The van der Waals surface area contributed by atoms with Gasteiger partial charge in [-0.3, -0.25) is 4.79 Å². The number of hydrogen-bond acceptors (Lipinski definition) is 2. The molecule has 0 saturated carbocycles. The van der Waals surface area contributed by atoms with Crippen molar-refractivity contribution >= 4 is 17.5 Å². The van der Waals surface area contributed by atoms with E-state index in [0.717, 1.165) is 0 Å². The first-order valence-electron chi connectivity index (χ1n) is 3.92. The van der Waals surface area contributed by atoms with E-state index in [9.17, 15) is 4.79 Å². The van der Waals surface area contributed by atoms with Crippen LogP contribution < -0.4 is 5.32 Å². The Morgan fingerprint density at radius 2 is 2.31 bits per heavy atom. The predicted molar refractivity (Wildman–Crippen MR) is 51.1 cm³/mol. The van der Waals surface area contributed by atoms with Gasteiger partial charge in [0.25, 0.3) is 5.91 Å². The van der Waals surface area contributed by atoms with Gasteiger partial charge in [-0.25, -0.2) is 0 Å². The molecular formula is C9H10ClNO2. The second kappa shape index (κ2) is 4.14. The largest absolute Gasteiger partial charge is 0.508 e. The SMILES string of the molecule is CCNC(=O)c1ccc(O)cc1Cl. The van der Waals surface area contributed by atoms with E-state index in [-0.39, 0.29) is 16.7 Å². The average Bonchev–Trinajstić information content (AvgIpc) is 2.04. The first kappa shape index (κ1) is 9.86. The topological polar surface area (TPSA) is 49.3 Å².